The largest absolute Gasteiger partial charge is 0.494 e. The van der Waals surface area contributed by atoms with Crippen molar-refractivity contribution in [2.45, 2.75) is 103 Å². The van der Waals surface area contributed by atoms with Crippen LogP contribution < -0.4 is 4.74 Å². The molecule has 0 N–H and O–H groups in total. The van der Waals surface area contributed by atoms with E-state index in [1.54, 1.807) is 12.1 Å². The zero-order chi connectivity index (χ0) is 21.8. The number of methoxy groups -OCH3 is 1. The zero-order valence-electron chi connectivity index (χ0n) is 19.7. The van der Waals surface area contributed by atoms with Gasteiger partial charge in [-0.05, 0) is 105 Å². The highest BCUT2D eigenvalue weighted by atomic mass is 19.2. The topological polar surface area (TPSA) is 9.23 Å². The SMILES string of the molecule is CCCCCC1CCC2C(CCC3CCC(c4ccc(OC)c(F)c4F)CC3)CCC12. The normalized spacial score (nSPS) is 32.9. The summed E-state index contributed by atoms with van der Waals surface area (Å²) in [4.78, 5) is 0. The molecule has 31 heavy (non-hydrogen) atoms. The molecule has 174 valence electrons. The minimum absolute atomic E-state index is 0.00400. The number of hydrogen-bond donors (Lipinski definition) is 0. The molecule has 3 aliphatic rings. The lowest BCUT2D eigenvalue weighted by Crippen LogP contribution is -2.17. The third-order valence-corrected chi connectivity index (χ3v) is 9.21. The second-order valence-corrected chi connectivity index (χ2v) is 10.8. The van der Waals surface area contributed by atoms with E-state index < -0.39 is 11.6 Å². The first kappa shape index (κ1) is 23.1. The summed E-state index contributed by atoms with van der Waals surface area (Å²) in [6.45, 7) is 2.31. The minimum Gasteiger partial charge on any atom is -0.494 e. The van der Waals surface area contributed by atoms with Gasteiger partial charge in [0.2, 0.25) is 5.82 Å². The van der Waals surface area contributed by atoms with E-state index in [-0.39, 0.29) is 11.7 Å². The highest BCUT2D eigenvalue weighted by Crippen LogP contribution is 2.54. The van der Waals surface area contributed by atoms with E-state index in [1.165, 1.54) is 71.3 Å². The van der Waals surface area contributed by atoms with Gasteiger partial charge in [-0.15, -0.1) is 0 Å². The van der Waals surface area contributed by atoms with E-state index in [2.05, 4.69) is 6.92 Å². The number of benzene rings is 1. The van der Waals surface area contributed by atoms with Crippen LogP contribution in [0.1, 0.15) is 108 Å². The van der Waals surface area contributed by atoms with Gasteiger partial charge in [0.05, 0.1) is 7.11 Å². The molecule has 0 aliphatic heterocycles. The fraction of sp³-hybridized carbons (Fsp3) is 0.786. The van der Waals surface area contributed by atoms with E-state index >= 15 is 0 Å². The quantitative estimate of drug-likeness (QED) is 0.355. The Labute approximate surface area is 188 Å². The van der Waals surface area contributed by atoms with E-state index in [0.717, 1.165) is 55.3 Å². The second kappa shape index (κ2) is 10.7. The first-order valence-electron chi connectivity index (χ1n) is 13.1. The van der Waals surface area contributed by atoms with Gasteiger partial charge in [0.15, 0.2) is 11.6 Å². The lowest BCUT2D eigenvalue weighted by Gasteiger charge is -2.30. The van der Waals surface area contributed by atoms with Crippen LogP contribution in [0.4, 0.5) is 8.78 Å². The third kappa shape index (κ3) is 5.11. The Hall–Kier alpha value is -1.12. The predicted molar refractivity (Wildman–Crippen MR) is 123 cm³/mol. The fourth-order valence-corrected chi connectivity index (χ4v) is 7.44. The molecule has 0 bridgehead atoms. The highest BCUT2D eigenvalue weighted by Gasteiger charge is 2.44. The maximum atomic E-state index is 14.5. The molecule has 1 aromatic carbocycles. The molecule has 4 atom stereocenters. The molecule has 1 nitrogen and oxygen atoms in total. The van der Waals surface area contributed by atoms with Crippen molar-refractivity contribution >= 4 is 0 Å². The highest BCUT2D eigenvalue weighted by molar-refractivity contribution is 5.33. The van der Waals surface area contributed by atoms with Crippen LogP contribution >= 0.6 is 0 Å². The summed E-state index contributed by atoms with van der Waals surface area (Å²) in [5, 5.41) is 0. The van der Waals surface area contributed by atoms with Gasteiger partial charge in [0, 0.05) is 0 Å². The zero-order valence-corrected chi connectivity index (χ0v) is 19.7. The Morgan fingerprint density at radius 3 is 2.10 bits per heavy atom. The number of halogens is 2. The Balaban J connectivity index is 1.22. The van der Waals surface area contributed by atoms with Gasteiger partial charge in [-0.3, -0.25) is 0 Å². The van der Waals surface area contributed by atoms with Crippen molar-refractivity contribution < 1.29 is 13.5 Å². The van der Waals surface area contributed by atoms with Crippen molar-refractivity contribution in [2.75, 3.05) is 7.11 Å². The molecule has 1 aromatic rings. The van der Waals surface area contributed by atoms with Gasteiger partial charge in [0.25, 0.3) is 0 Å². The average Bonchev–Trinajstić information content (AvgIpc) is 3.38. The molecule has 3 saturated carbocycles. The molecular weight excluding hydrogens is 390 g/mol. The van der Waals surface area contributed by atoms with Crippen LogP contribution in [-0.2, 0) is 0 Å². The first-order chi connectivity index (χ1) is 15.1. The van der Waals surface area contributed by atoms with Gasteiger partial charge >= 0.3 is 0 Å². The van der Waals surface area contributed by atoms with Gasteiger partial charge in [0.1, 0.15) is 0 Å². The Bertz CT molecular complexity index is 709. The molecule has 0 heterocycles. The molecule has 0 spiro atoms. The molecule has 0 amide bonds. The van der Waals surface area contributed by atoms with E-state index in [1.807, 2.05) is 0 Å². The minimum atomic E-state index is -0.831. The van der Waals surface area contributed by atoms with Gasteiger partial charge < -0.3 is 4.74 Å². The molecule has 3 heteroatoms. The van der Waals surface area contributed by atoms with Crippen LogP contribution in [0.15, 0.2) is 12.1 Å². The molecule has 0 saturated heterocycles. The van der Waals surface area contributed by atoms with Crippen molar-refractivity contribution in [1.82, 2.24) is 0 Å². The van der Waals surface area contributed by atoms with Crippen molar-refractivity contribution in [3.63, 3.8) is 0 Å². The van der Waals surface area contributed by atoms with Gasteiger partial charge in [-0.2, -0.15) is 4.39 Å². The lowest BCUT2D eigenvalue weighted by atomic mass is 9.75. The van der Waals surface area contributed by atoms with Crippen molar-refractivity contribution in [1.29, 1.82) is 0 Å². The van der Waals surface area contributed by atoms with Crippen molar-refractivity contribution in [2.24, 2.45) is 29.6 Å². The predicted octanol–water partition coefficient (Wildman–Crippen LogP) is 8.66. The summed E-state index contributed by atoms with van der Waals surface area (Å²) in [7, 11) is 1.38. The second-order valence-electron chi connectivity index (χ2n) is 10.8. The number of fused-ring (bicyclic) bond motifs is 1. The van der Waals surface area contributed by atoms with Crippen molar-refractivity contribution in [3.8, 4) is 5.75 Å². The summed E-state index contributed by atoms with van der Waals surface area (Å²) in [6, 6.07) is 3.31. The maximum absolute atomic E-state index is 14.5. The van der Waals surface area contributed by atoms with Crippen LogP contribution in [-0.4, -0.2) is 7.11 Å². The third-order valence-electron chi connectivity index (χ3n) is 9.21. The summed E-state index contributed by atoms with van der Waals surface area (Å²) >= 11 is 0. The number of rotatable bonds is 9. The maximum Gasteiger partial charge on any atom is 0.200 e. The van der Waals surface area contributed by atoms with E-state index in [4.69, 9.17) is 4.74 Å². The summed E-state index contributed by atoms with van der Waals surface area (Å²) < 4.78 is 33.5. The standard InChI is InChI=1S/C28H42F2O/c1-3-4-5-6-20-13-15-24-21(14-16-23(20)24)10-7-19-8-11-22(12-9-19)25-17-18-26(31-2)28(30)27(25)29/h17-24H,3-16H2,1-2H3. The smallest absolute Gasteiger partial charge is 0.200 e. The monoisotopic (exact) mass is 432 g/mol. The summed E-state index contributed by atoms with van der Waals surface area (Å²) in [6.07, 6.45) is 18.7. The summed E-state index contributed by atoms with van der Waals surface area (Å²) in [5.41, 5.74) is 0.551. The fourth-order valence-electron chi connectivity index (χ4n) is 7.44. The lowest BCUT2D eigenvalue weighted by molar-refractivity contribution is 0.249. The number of unbranched alkanes of at least 4 members (excludes halogenated alkanes) is 2. The van der Waals surface area contributed by atoms with E-state index in [9.17, 15) is 8.78 Å². The number of ether oxygens (including phenoxy) is 1. The van der Waals surface area contributed by atoms with Crippen LogP contribution in [0, 0.1) is 41.2 Å². The molecule has 0 radical (unpaired) electrons. The molecule has 4 unspecified atom stereocenters. The molecule has 3 fully saturated rings. The van der Waals surface area contributed by atoms with Crippen LogP contribution in [0.3, 0.4) is 0 Å². The average molecular weight is 433 g/mol. The van der Waals surface area contributed by atoms with Crippen LogP contribution in [0.2, 0.25) is 0 Å². The number of hydrogen-bond acceptors (Lipinski definition) is 1. The van der Waals surface area contributed by atoms with Gasteiger partial charge in [-0.25, -0.2) is 4.39 Å². The van der Waals surface area contributed by atoms with Crippen LogP contribution in [0.5, 0.6) is 5.75 Å². The Kier molecular flexibility index (Phi) is 7.93. The molecule has 3 aliphatic carbocycles. The van der Waals surface area contributed by atoms with Crippen molar-refractivity contribution in [3.05, 3.63) is 29.3 Å². The molecule has 4 rings (SSSR count). The van der Waals surface area contributed by atoms with E-state index in [0.29, 0.717) is 5.56 Å². The molecule has 0 aromatic heterocycles. The molecular formula is C28H42F2O. The Morgan fingerprint density at radius 2 is 1.45 bits per heavy atom. The Morgan fingerprint density at radius 1 is 0.774 bits per heavy atom. The first-order valence-corrected chi connectivity index (χ1v) is 13.1. The van der Waals surface area contributed by atoms with Gasteiger partial charge in [-0.1, -0.05) is 45.1 Å². The summed E-state index contributed by atoms with van der Waals surface area (Å²) in [5.74, 6) is 3.45. The van der Waals surface area contributed by atoms with Crippen LogP contribution in [0.25, 0.3) is 0 Å².